The molecule has 0 aliphatic heterocycles. The molecule has 0 saturated heterocycles. The van der Waals surface area contributed by atoms with Gasteiger partial charge in [-0.25, -0.2) is 4.68 Å². The summed E-state index contributed by atoms with van der Waals surface area (Å²) in [7, 11) is 1.67. The SMILES string of the molecule is COCCOCCNCc1cnn(-c2ccccc2)c1. The van der Waals surface area contributed by atoms with Crippen molar-refractivity contribution in [3.05, 3.63) is 48.3 Å². The fraction of sp³-hybridized carbons (Fsp3) is 0.400. The third kappa shape index (κ3) is 4.77. The molecule has 0 spiro atoms. The number of aromatic nitrogens is 2. The summed E-state index contributed by atoms with van der Waals surface area (Å²) in [5, 5.41) is 7.68. The summed E-state index contributed by atoms with van der Waals surface area (Å²) in [5.41, 5.74) is 2.23. The highest BCUT2D eigenvalue weighted by Crippen LogP contribution is 2.07. The number of nitrogens with one attached hydrogen (secondary N) is 1. The summed E-state index contributed by atoms with van der Waals surface area (Å²) in [4.78, 5) is 0. The van der Waals surface area contributed by atoms with E-state index in [1.54, 1.807) is 7.11 Å². The van der Waals surface area contributed by atoms with Crippen molar-refractivity contribution in [2.45, 2.75) is 6.54 Å². The average Bonchev–Trinajstić information content (AvgIpc) is 2.96. The Bertz CT molecular complexity index is 485. The van der Waals surface area contributed by atoms with E-state index in [1.165, 1.54) is 0 Å². The topological polar surface area (TPSA) is 48.3 Å². The van der Waals surface area contributed by atoms with Gasteiger partial charge in [0.1, 0.15) is 0 Å². The molecule has 0 amide bonds. The molecular weight excluding hydrogens is 254 g/mol. The molecule has 0 unspecified atom stereocenters. The molecule has 1 heterocycles. The molecule has 5 heteroatoms. The smallest absolute Gasteiger partial charge is 0.0700 e. The van der Waals surface area contributed by atoms with Gasteiger partial charge in [-0.3, -0.25) is 0 Å². The van der Waals surface area contributed by atoms with E-state index in [-0.39, 0.29) is 0 Å². The van der Waals surface area contributed by atoms with E-state index in [2.05, 4.69) is 10.4 Å². The second-order valence-electron chi connectivity index (χ2n) is 4.41. The Balaban J connectivity index is 1.69. The van der Waals surface area contributed by atoms with Crippen LogP contribution in [0.4, 0.5) is 0 Å². The van der Waals surface area contributed by atoms with E-state index >= 15 is 0 Å². The molecule has 20 heavy (non-hydrogen) atoms. The minimum atomic E-state index is 0.643. The van der Waals surface area contributed by atoms with E-state index in [4.69, 9.17) is 9.47 Å². The Morgan fingerprint density at radius 2 is 2.00 bits per heavy atom. The molecule has 0 bridgehead atoms. The highest BCUT2D eigenvalue weighted by atomic mass is 16.5. The highest BCUT2D eigenvalue weighted by Gasteiger charge is 2.00. The van der Waals surface area contributed by atoms with Gasteiger partial charge < -0.3 is 14.8 Å². The van der Waals surface area contributed by atoms with Gasteiger partial charge in [0, 0.05) is 32.0 Å². The normalized spacial score (nSPS) is 10.8. The molecule has 1 N–H and O–H groups in total. The van der Waals surface area contributed by atoms with Crippen LogP contribution in [0.1, 0.15) is 5.56 Å². The van der Waals surface area contributed by atoms with Gasteiger partial charge in [-0.2, -0.15) is 5.10 Å². The number of hydrogen-bond acceptors (Lipinski definition) is 4. The second kappa shape index (κ2) is 8.47. The molecule has 0 aliphatic rings. The van der Waals surface area contributed by atoms with Crippen LogP contribution in [-0.4, -0.2) is 43.3 Å². The monoisotopic (exact) mass is 275 g/mol. The van der Waals surface area contributed by atoms with Crippen molar-refractivity contribution in [1.82, 2.24) is 15.1 Å². The van der Waals surface area contributed by atoms with Gasteiger partial charge >= 0.3 is 0 Å². The van der Waals surface area contributed by atoms with E-state index in [0.717, 1.165) is 24.3 Å². The van der Waals surface area contributed by atoms with Gasteiger partial charge in [0.25, 0.3) is 0 Å². The van der Waals surface area contributed by atoms with Gasteiger partial charge in [-0.15, -0.1) is 0 Å². The summed E-state index contributed by atoms with van der Waals surface area (Å²) in [6.45, 7) is 3.59. The van der Waals surface area contributed by atoms with E-state index in [9.17, 15) is 0 Å². The Kier molecular flexibility index (Phi) is 6.23. The van der Waals surface area contributed by atoms with Crippen LogP contribution in [0.2, 0.25) is 0 Å². The maximum Gasteiger partial charge on any atom is 0.0700 e. The zero-order valence-corrected chi connectivity index (χ0v) is 11.8. The molecule has 0 saturated carbocycles. The van der Waals surface area contributed by atoms with E-state index in [0.29, 0.717) is 19.8 Å². The molecule has 0 fully saturated rings. The number of nitrogens with zero attached hydrogens (tertiary/aromatic N) is 2. The quantitative estimate of drug-likeness (QED) is 0.707. The van der Waals surface area contributed by atoms with Crippen LogP contribution in [0.5, 0.6) is 0 Å². The zero-order valence-electron chi connectivity index (χ0n) is 11.8. The minimum Gasteiger partial charge on any atom is -0.382 e. The standard InChI is InChI=1S/C15H21N3O2/c1-19-9-10-20-8-7-16-11-14-12-17-18(13-14)15-5-3-2-4-6-15/h2-6,12-13,16H,7-11H2,1H3. The van der Waals surface area contributed by atoms with Gasteiger partial charge in [0.2, 0.25) is 0 Å². The first-order valence-electron chi connectivity index (χ1n) is 6.76. The predicted molar refractivity (Wildman–Crippen MR) is 78.0 cm³/mol. The van der Waals surface area contributed by atoms with Crippen LogP contribution in [0, 0.1) is 0 Å². The lowest BCUT2D eigenvalue weighted by atomic mass is 10.3. The van der Waals surface area contributed by atoms with Gasteiger partial charge in [0.05, 0.1) is 31.7 Å². The third-order valence-electron chi connectivity index (χ3n) is 2.84. The van der Waals surface area contributed by atoms with Crippen LogP contribution >= 0.6 is 0 Å². The van der Waals surface area contributed by atoms with Crippen LogP contribution < -0.4 is 5.32 Å². The van der Waals surface area contributed by atoms with Crippen molar-refractivity contribution in [1.29, 1.82) is 0 Å². The molecule has 0 atom stereocenters. The summed E-state index contributed by atoms with van der Waals surface area (Å²) in [6.07, 6.45) is 3.92. The number of para-hydroxylation sites is 1. The van der Waals surface area contributed by atoms with Gasteiger partial charge in [0.15, 0.2) is 0 Å². The Hall–Kier alpha value is -1.69. The van der Waals surface area contributed by atoms with E-state index in [1.807, 2.05) is 47.4 Å². The molecule has 5 nitrogen and oxygen atoms in total. The molecule has 108 valence electrons. The van der Waals surface area contributed by atoms with Crippen molar-refractivity contribution in [3.8, 4) is 5.69 Å². The number of rotatable bonds is 9. The maximum atomic E-state index is 5.38. The highest BCUT2D eigenvalue weighted by molar-refractivity contribution is 5.30. The van der Waals surface area contributed by atoms with Crippen molar-refractivity contribution in [2.75, 3.05) is 33.5 Å². The maximum absolute atomic E-state index is 5.38. The lowest BCUT2D eigenvalue weighted by Crippen LogP contribution is -2.19. The summed E-state index contributed by atoms with van der Waals surface area (Å²) in [6, 6.07) is 10.1. The fourth-order valence-corrected chi connectivity index (χ4v) is 1.79. The molecule has 0 aliphatic carbocycles. The minimum absolute atomic E-state index is 0.643. The Labute approximate surface area is 119 Å². The summed E-state index contributed by atoms with van der Waals surface area (Å²) >= 11 is 0. The zero-order chi connectivity index (χ0) is 14.0. The average molecular weight is 275 g/mol. The van der Waals surface area contributed by atoms with Crippen molar-refractivity contribution >= 4 is 0 Å². The predicted octanol–water partition coefficient (Wildman–Crippen LogP) is 1.62. The second-order valence-corrected chi connectivity index (χ2v) is 4.41. The molecule has 2 aromatic rings. The van der Waals surface area contributed by atoms with Crippen molar-refractivity contribution in [2.24, 2.45) is 0 Å². The molecule has 2 rings (SSSR count). The largest absolute Gasteiger partial charge is 0.382 e. The number of ether oxygens (including phenoxy) is 2. The molecule has 1 aromatic heterocycles. The van der Waals surface area contributed by atoms with Gasteiger partial charge in [-0.1, -0.05) is 18.2 Å². The third-order valence-corrected chi connectivity index (χ3v) is 2.84. The van der Waals surface area contributed by atoms with Crippen LogP contribution in [0.3, 0.4) is 0 Å². The molecular formula is C15H21N3O2. The lowest BCUT2D eigenvalue weighted by molar-refractivity contribution is 0.0719. The van der Waals surface area contributed by atoms with E-state index < -0.39 is 0 Å². The summed E-state index contributed by atoms with van der Waals surface area (Å²) < 4.78 is 12.2. The summed E-state index contributed by atoms with van der Waals surface area (Å²) in [5.74, 6) is 0. The van der Waals surface area contributed by atoms with Crippen LogP contribution in [0.15, 0.2) is 42.7 Å². The Morgan fingerprint density at radius 1 is 1.15 bits per heavy atom. The van der Waals surface area contributed by atoms with Crippen molar-refractivity contribution in [3.63, 3.8) is 0 Å². The lowest BCUT2D eigenvalue weighted by Gasteiger charge is -2.04. The first-order valence-corrected chi connectivity index (χ1v) is 6.76. The number of hydrogen-bond donors (Lipinski definition) is 1. The van der Waals surface area contributed by atoms with Gasteiger partial charge in [-0.05, 0) is 12.1 Å². The van der Waals surface area contributed by atoms with Crippen LogP contribution in [-0.2, 0) is 16.0 Å². The Morgan fingerprint density at radius 3 is 2.80 bits per heavy atom. The first kappa shape index (κ1) is 14.7. The number of benzene rings is 1. The van der Waals surface area contributed by atoms with Crippen molar-refractivity contribution < 1.29 is 9.47 Å². The molecule has 0 radical (unpaired) electrons. The fourth-order valence-electron chi connectivity index (χ4n) is 1.79. The first-order chi connectivity index (χ1) is 9.90. The van der Waals surface area contributed by atoms with Crippen LogP contribution in [0.25, 0.3) is 5.69 Å². The number of methoxy groups -OCH3 is 1. The molecule has 1 aromatic carbocycles.